The Kier molecular flexibility index (Phi) is 7.00. The van der Waals surface area contributed by atoms with Crippen LogP contribution in [-0.4, -0.2) is 66.2 Å². The molecule has 6 heteroatoms. The lowest BCUT2D eigenvalue weighted by Crippen LogP contribution is -2.51. The van der Waals surface area contributed by atoms with Crippen LogP contribution in [0.4, 0.5) is 4.39 Å². The van der Waals surface area contributed by atoms with Gasteiger partial charge in [-0.15, -0.1) is 0 Å². The monoisotopic (exact) mass is 364 g/mol. The van der Waals surface area contributed by atoms with Gasteiger partial charge in [0.25, 0.3) is 0 Å². The molecule has 1 heterocycles. The molecular formula is C20H29FN2O3. The quantitative estimate of drug-likeness (QED) is 0.804. The average molecular weight is 364 g/mol. The molecular weight excluding hydrogens is 335 g/mol. The van der Waals surface area contributed by atoms with Gasteiger partial charge in [-0.2, -0.15) is 0 Å². The number of carbonyl (C=O) groups is 1. The van der Waals surface area contributed by atoms with E-state index in [1.165, 1.54) is 18.9 Å². The van der Waals surface area contributed by atoms with E-state index in [0.29, 0.717) is 18.0 Å². The molecule has 1 saturated carbocycles. The van der Waals surface area contributed by atoms with Crippen molar-refractivity contribution in [3.05, 3.63) is 35.6 Å². The summed E-state index contributed by atoms with van der Waals surface area (Å²) in [4.78, 5) is 16.6. The van der Waals surface area contributed by atoms with Crippen LogP contribution in [-0.2, 0) is 16.1 Å². The summed E-state index contributed by atoms with van der Waals surface area (Å²) >= 11 is 0. The zero-order valence-corrected chi connectivity index (χ0v) is 15.3. The second-order valence-electron chi connectivity index (χ2n) is 7.37. The van der Waals surface area contributed by atoms with Gasteiger partial charge in [-0.1, -0.05) is 31.0 Å². The number of nitrogens with zero attached hydrogens (tertiary/aromatic N) is 2. The molecule has 0 bridgehead atoms. The summed E-state index contributed by atoms with van der Waals surface area (Å²) in [7, 11) is 0. The van der Waals surface area contributed by atoms with Gasteiger partial charge in [0.2, 0.25) is 5.91 Å². The number of hydrogen-bond acceptors (Lipinski definition) is 4. The molecule has 1 N–H and O–H groups in total. The standard InChI is InChI=1S/C20H29FN2O3/c21-19-8-4-3-7-17(19)14-26-15-18(24)13-22-9-11-23(12-10-22)20(25)16-5-1-2-6-16/h3-4,7-8,16,18,24H,1-2,5-6,9-15H2. The second-order valence-corrected chi connectivity index (χ2v) is 7.37. The number of ether oxygens (including phenoxy) is 1. The number of amides is 1. The highest BCUT2D eigenvalue weighted by Crippen LogP contribution is 2.26. The van der Waals surface area contributed by atoms with Gasteiger partial charge >= 0.3 is 0 Å². The van der Waals surface area contributed by atoms with Gasteiger partial charge in [-0.05, 0) is 18.9 Å². The largest absolute Gasteiger partial charge is 0.389 e. The van der Waals surface area contributed by atoms with E-state index in [1.807, 2.05) is 4.90 Å². The van der Waals surface area contributed by atoms with Gasteiger partial charge in [0, 0.05) is 44.2 Å². The van der Waals surface area contributed by atoms with Gasteiger partial charge in [-0.3, -0.25) is 9.69 Å². The fourth-order valence-corrected chi connectivity index (χ4v) is 3.85. The minimum atomic E-state index is -0.612. The normalized spacial score (nSPS) is 20.5. The molecule has 0 spiro atoms. The molecule has 5 nitrogen and oxygen atoms in total. The zero-order chi connectivity index (χ0) is 18.4. The first kappa shape index (κ1) is 19.3. The number of rotatable bonds is 7. The Bertz CT molecular complexity index is 584. The summed E-state index contributed by atoms with van der Waals surface area (Å²) < 4.78 is 19.0. The van der Waals surface area contributed by atoms with Crippen LogP contribution in [0.3, 0.4) is 0 Å². The van der Waals surface area contributed by atoms with Crippen LogP contribution in [0.15, 0.2) is 24.3 Å². The average Bonchev–Trinajstić information content (AvgIpc) is 3.18. The lowest BCUT2D eigenvalue weighted by molar-refractivity contribution is -0.137. The van der Waals surface area contributed by atoms with E-state index in [4.69, 9.17) is 4.74 Å². The Labute approximate surface area is 154 Å². The number of aliphatic hydroxyl groups excluding tert-OH is 1. The second kappa shape index (κ2) is 9.44. The minimum absolute atomic E-state index is 0.160. The van der Waals surface area contributed by atoms with Crippen LogP contribution in [0.1, 0.15) is 31.2 Å². The molecule has 1 saturated heterocycles. The van der Waals surface area contributed by atoms with Crippen LogP contribution in [0.5, 0.6) is 0 Å². The van der Waals surface area contributed by atoms with Gasteiger partial charge in [0.05, 0.1) is 19.3 Å². The van der Waals surface area contributed by atoms with Crippen molar-refractivity contribution in [2.45, 2.75) is 38.4 Å². The Morgan fingerprint density at radius 2 is 1.88 bits per heavy atom. The highest BCUT2D eigenvalue weighted by atomic mass is 19.1. The third-order valence-electron chi connectivity index (χ3n) is 5.38. The zero-order valence-electron chi connectivity index (χ0n) is 15.3. The third kappa shape index (κ3) is 5.25. The van der Waals surface area contributed by atoms with Crippen molar-refractivity contribution in [2.24, 2.45) is 5.92 Å². The molecule has 144 valence electrons. The first-order chi connectivity index (χ1) is 12.6. The predicted octanol–water partition coefficient (Wildman–Crippen LogP) is 2.04. The number of carbonyl (C=O) groups excluding carboxylic acids is 1. The smallest absolute Gasteiger partial charge is 0.225 e. The molecule has 2 fully saturated rings. The summed E-state index contributed by atoms with van der Waals surface area (Å²) in [6.07, 6.45) is 3.82. The number of halogens is 1. The molecule has 1 aliphatic carbocycles. The Morgan fingerprint density at radius 1 is 1.19 bits per heavy atom. The maximum atomic E-state index is 13.5. The van der Waals surface area contributed by atoms with Crippen molar-refractivity contribution >= 4 is 5.91 Å². The van der Waals surface area contributed by atoms with E-state index >= 15 is 0 Å². The Hall–Kier alpha value is -1.50. The number of hydrogen-bond donors (Lipinski definition) is 1. The summed E-state index contributed by atoms with van der Waals surface area (Å²) in [5, 5.41) is 10.2. The molecule has 1 aromatic carbocycles. The van der Waals surface area contributed by atoms with E-state index in [-0.39, 0.29) is 24.9 Å². The number of β-amino-alcohol motifs (C(OH)–C–C–N with tert-alkyl or cyclic N) is 1. The Morgan fingerprint density at radius 3 is 2.58 bits per heavy atom. The van der Waals surface area contributed by atoms with E-state index in [0.717, 1.165) is 39.0 Å². The van der Waals surface area contributed by atoms with Crippen molar-refractivity contribution in [2.75, 3.05) is 39.3 Å². The van der Waals surface area contributed by atoms with Crippen molar-refractivity contribution in [3.8, 4) is 0 Å². The van der Waals surface area contributed by atoms with Crippen LogP contribution >= 0.6 is 0 Å². The van der Waals surface area contributed by atoms with Crippen molar-refractivity contribution < 1.29 is 19.0 Å². The summed E-state index contributed by atoms with van der Waals surface area (Å²) in [6.45, 7) is 3.88. The van der Waals surface area contributed by atoms with E-state index in [2.05, 4.69) is 4.90 Å². The summed E-state index contributed by atoms with van der Waals surface area (Å²) in [5.41, 5.74) is 0.499. The van der Waals surface area contributed by atoms with E-state index in [9.17, 15) is 14.3 Å². The lowest BCUT2D eigenvalue weighted by Gasteiger charge is -2.36. The third-order valence-corrected chi connectivity index (χ3v) is 5.38. The van der Waals surface area contributed by atoms with Gasteiger partial charge in [-0.25, -0.2) is 4.39 Å². The predicted molar refractivity (Wildman–Crippen MR) is 97.0 cm³/mol. The molecule has 0 radical (unpaired) electrons. The van der Waals surface area contributed by atoms with E-state index < -0.39 is 6.10 Å². The topological polar surface area (TPSA) is 53.0 Å². The van der Waals surface area contributed by atoms with Crippen LogP contribution in [0.25, 0.3) is 0 Å². The molecule has 1 aromatic rings. The van der Waals surface area contributed by atoms with Gasteiger partial charge in [0.1, 0.15) is 5.82 Å². The van der Waals surface area contributed by atoms with Crippen molar-refractivity contribution in [3.63, 3.8) is 0 Å². The number of benzene rings is 1. The van der Waals surface area contributed by atoms with Crippen LogP contribution in [0, 0.1) is 11.7 Å². The molecule has 1 atom stereocenters. The minimum Gasteiger partial charge on any atom is -0.389 e. The molecule has 3 rings (SSSR count). The molecule has 26 heavy (non-hydrogen) atoms. The molecule has 1 aliphatic heterocycles. The fourth-order valence-electron chi connectivity index (χ4n) is 3.85. The molecule has 0 aromatic heterocycles. The van der Waals surface area contributed by atoms with Crippen molar-refractivity contribution in [1.82, 2.24) is 9.80 Å². The lowest BCUT2D eigenvalue weighted by atomic mass is 10.1. The summed E-state index contributed by atoms with van der Waals surface area (Å²) in [6, 6.07) is 6.50. The number of piperazine rings is 1. The highest BCUT2D eigenvalue weighted by molar-refractivity contribution is 5.79. The van der Waals surface area contributed by atoms with Gasteiger partial charge < -0.3 is 14.7 Å². The van der Waals surface area contributed by atoms with Crippen LogP contribution < -0.4 is 0 Å². The first-order valence-electron chi connectivity index (χ1n) is 9.64. The van der Waals surface area contributed by atoms with Gasteiger partial charge in [0.15, 0.2) is 0 Å². The molecule has 1 unspecified atom stereocenters. The maximum Gasteiger partial charge on any atom is 0.225 e. The Balaban J connectivity index is 1.33. The summed E-state index contributed by atoms with van der Waals surface area (Å²) in [5.74, 6) is 0.264. The SMILES string of the molecule is O=C(C1CCCC1)N1CCN(CC(O)COCc2ccccc2F)CC1. The number of aliphatic hydroxyl groups is 1. The molecule has 1 amide bonds. The van der Waals surface area contributed by atoms with Crippen LogP contribution in [0.2, 0.25) is 0 Å². The maximum absolute atomic E-state index is 13.5. The highest BCUT2D eigenvalue weighted by Gasteiger charge is 2.29. The van der Waals surface area contributed by atoms with E-state index in [1.54, 1.807) is 18.2 Å². The fraction of sp³-hybridized carbons (Fsp3) is 0.650. The molecule has 2 aliphatic rings. The van der Waals surface area contributed by atoms with Crippen molar-refractivity contribution in [1.29, 1.82) is 0 Å². The first-order valence-corrected chi connectivity index (χ1v) is 9.64.